The molecule has 0 radical (unpaired) electrons. The highest BCUT2D eigenvalue weighted by molar-refractivity contribution is 5.49. The maximum Gasteiger partial charge on any atom is 0.209 e. The molecule has 0 N–H and O–H groups in total. The van der Waals surface area contributed by atoms with Crippen LogP contribution in [-0.4, -0.2) is 18.4 Å². The van der Waals surface area contributed by atoms with E-state index in [2.05, 4.69) is 36.4 Å². The minimum atomic E-state index is 0.664. The summed E-state index contributed by atoms with van der Waals surface area (Å²) in [7, 11) is 1.80. The highest BCUT2D eigenvalue weighted by Gasteiger charge is 2.00. The molecule has 1 aliphatic rings. The maximum absolute atomic E-state index is 10.6. The summed E-state index contributed by atoms with van der Waals surface area (Å²) in [6, 6.07) is 6.22. The number of carbonyl (C=O) groups excluding carboxylic acids is 1. The quantitative estimate of drug-likeness (QED) is 0.680. The Morgan fingerprint density at radius 3 is 3.12 bits per heavy atom. The lowest BCUT2D eigenvalue weighted by atomic mass is 10.1. The zero-order valence-corrected chi connectivity index (χ0v) is 9.39. The summed E-state index contributed by atoms with van der Waals surface area (Å²) < 4.78 is 0. The van der Waals surface area contributed by atoms with Crippen molar-refractivity contribution >= 4 is 18.6 Å². The lowest BCUT2D eigenvalue weighted by molar-refractivity contribution is -0.117. The van der Waals surface area contributed by atoms with Crippen molar-refractivity contribution in [3.05, 3.63) is 46.4 Å². The van der Waals surface area contributed by atoms with E-state index >= 15 is 0 Å². The molecule has 82 valence electrons. The van der Waals surface area contributed by atoms with Crippen LogP contribution in [0.2, 0.25) is 0 Å². The molecule has 0 aliphatic heterocycles. The Labute approximate surface area is 95.2 Å². The minimum Gasteiger partial charge on any atom is -0.344 e. The van der Waals surface area contributed by atoms with Crippen molar-refractivity contribution in [1.82, 2.24) is 4.90 Å². The number of hydrogen-bond acceptors (Lipinski definition) is 1. The number of allylic oxidation sites excluding steroid dienone is 2. The fourth-order valence-electron chi connectivity index (χ4n) is 1.91. The minimum absolute atomic E-state index is 0.664. The van der Waals surface area contributed by atoms with Crippen LogP contribution in [0.25, 0.3) is 12.2 Å². The number of carbonyl (C=O) groups is 1. The Balaban J connectivity index is 2.50. The Morgan fingerprint density at radius 2 is 2.31 bits per heavy atom. The van der Waals surface area contributed by atoms with Gasteiger partial charge in [-0.15, -0.1) is 0 Å². The van der Waals surface area contributed by atoms with Gasteiger partial charge in [0, 0.05) is 13.6 Å². The molecular formula is C14H15NO. The third-order valence-electron chi connectivity index (χ3n) is 2.70. The lowest BCUT2D eigenvalue weighted by Gasteiger charge is -2.11. The van der Waals surface area contributed by atoms with Crippen LogP contribution in [0.1, 0.15) is 12.0 Å². The summed E-state index contributed by atoms with van der Waals surface area (Å²) in [6.07, 6.45) is 10.3. The topological polar surface area (TPSA) is 20.3 Å². The summed E-state index contributed by atoms with van der Waals surface area (Å²) in [6.45, 7) is 0.664. The number of rotatable bonds is 3. The SMILES string of the molecule is CN(C=O)Cc1cccc2c1=CCC=CC=2. The Kier molecular flexibility index (Phi) is 3.20. The van der Waals surface area contributed by atoms with Gasteiger partial charge in [0.1, 0.15) is 0 Å². The van der Waals surface area contributed by atoms with Gasteiger partial charge < -0.3 is 4.90 Å². The molecule has 0 unspecified atom stereocenters. The first-order valence-electron chi connectivity index (χ1n) is 5.42. The van der Waals surface area contributed by atoms with E-state index in [0.29, 0.717) is 6.54 Å². The number of fused-ring (bicyclic) bond motifs is 1. The Bertz CT molecular complexity index is 528. The van der Waals surface area contributed by atoms with E-state index in [1.165, 1.54) is 16.0 Å². The van der Waals surface area contributed by atoms with Crippen LogP contribution in [0.5, 0.6) is 0 Å². The Morgan fingerprint density at radius 1 is 1.44 bits per heavy atom. The van der Waals surface area contributed by atoms with Gasteiger partial charge in [0.25, 0.3) is 0 Å². The standard InChI is InChI=1S/C14H15NO/c1-15(11-16)10-13-8-5-7-12-6-3-2-4-9-14(12)13/h2-3,5-9,11H,4,10H2,1H3. The van der Waals surface area contributed by atoms with Gasteiger partial charge in [-0.2, -0.15) is 0 Å². The van der Waals surface area contributed by atoms with Crippen LogP contribution in [-0.2, 0) is 11.3 Å². The maximum atomic E-state index is 10.6. The average molecular weight is 213 g/mol. The van der Waals surface area contributed by atoms with Crippen molar-refractivity contribution in [3.8, 4) is 0 Å². The van der Waals surface area contributed by atoms with Gasteiger partial charge in [0.15, 0.2) is 0 Å². The third kappa shape index (κ3) is 2.22. The summed E-state index contributed by atoms with van der Waals surface area (Å²) in [5.41, 5.74) is 1.20. The van der Waals surface area contributed by atoms with Gasteiger partial charge in [-0.05, 0) is 22.4 Å². The van der Waals surface area contributed by atoms with Gasteiger partial charge in [-0.25, -0.2) is 0 Å². The van der Waals surface area contributed by atoms with E-state index in [-0.39, 0.29) is 0 Å². The molecule has 0 spiro atoms. The molecule has 16 heavy (non-hydrogen) atoms. The molecule has 0 atom stereocenters. The van der Waals surface area contributed by atoms with E-state index in [1.54, 1.807) is 11.9 Å². The van der Waals surface area contributed by atoms with Crippen LogP contribution in [0.3, 0.4) is 0 Å². The van der Waals surface area contributed by atoms with Crippen molar-refractivity contribution in [1.29, 1.82) is 0 Å². The van der Waals surface area contributed by atoms with Gasteiger partial charge in [-0.3, -0.25) is 4.79 Å². The van der Waals surface area contributed by atoms with Gasteiger partial charge in [-0.1, -0.05) is 42.5 Å². The van der Waals surface area contributed by atoms with Crippen LogP contribution in [0.15, 0.2) is 30.4 Å². The van der Waals surface area contributed by atoms with Gasteiger partial charge >= 0.3 is 0 Å². The highest BCUT2D eigenvalue weighted by atomic mass is 16.1. The third-order valence-corrected chi connectivity index (χ3v) is 2.70. The molecule has 0 saturated carbocycles. The van der Waals surface area contributed by atoms with Gasteiger partial charge in [0.05, 0.1) is 0 Å². The number of benzene rings is 1. The van der Waals surface area contributed by atoms with Crippen molar-refractivity contribution in [3.63, 3.8) is 0 Å². The molecule has 0 fully saturated rings. The predicted octanol–water partition coefficient (Wildman–Crippen LogP) is 0.796. The molecule has 1 amide bonds. The first-order chi connectivity index (χ1) is 7.81. The highest BCUT2D eigenvalue weighted by Crippen LogP contribution is 1.96. The second-order valence-electron chi connectivity index (χ2n) is 3.98. The molecule has 0 aromatic heterocycles. The Hall–Kier alpha value is -1.83. The normalized spacial score (nSPS) is 13.1. The molecule has 2 rings (SSSR count). The van der Waals surface area contributed by atoms with Crippen LogP contribution in [0.4, 0.5) is 0 Å². The number of nitrogens with zero attached hydrogens (tertiary/aromatic N) is 1. The molecule has 2 heteroatoms. The average Bonchev–Trinajstić information content (AvgIpc) is 2.54. The summed E-state index contributed by atoms with van der Waals surface area (Å²) >= 11 is 0. The van der Waals surface area contributed by atoms with E-state index < -0.39 is 0 Å². The van der Waals surface area contributed by atoms with Crippen molar-refractivity contribution < 1.29 is 4.79 Å². The lowest BCUT2D eigenvalue weighted by Crippen LogP contribution is -2.31. The predicted molar refractivity (Wildman–Crippen MR) is 65.9 cm³/mol. The fraction of sp³-hybridized carbons (Fsp3) is 0.214. The first kappa shape index (κ1) is 10.7. The zero-order chi connectivity index (χ0) is 11.4. The van der Waals surface area contributed by atoms with Crippen LogP contribution >= 0.6 is 0 Å². The monoisotopic (exact) mass is 213 g/mol. The number of hydrogen-bond donors (Lipinski definition) is 0. The molecule has 2 nitrogen and oxygen atoms in total. The van der Waals surface area contributed by atoms with E-state index in [0.717, 1.165) is 12.8 Å². The fourth-order valence-corrected chi connectivity index (χ4v) is 1.91. The molecule has 1 aromatic carbocycles. The van der Waals surface area contributed by atoms with E-state index in [4.69, 9.17) is 0 Å². The van der Waals surface area contributed by atoms with E-state index in [1.807, 2.05) is 6.07 Å². The van der Waals surface area contributed by atoms with Crippen LogP contribution in [0, 0.1) is 0 Å². The molecule has 1 aromatic rings. The summed E-state index contributed by atoms with van der Waals surface area (Å²) in [4.78, 5) is 12.3. The number of amides is 1. The van der Waals surface area contributed by atoms with Crippen molar-refractivity contribution in [2.24, 2.45) is 0 Å². The second-order valence-corrected chi connectivity index (χ2v) is 3.98. The van der Waals surface area contributed by atoms with Crippen LogP contribution < -0.4 is 10.4 Å². The molecule has 0 saturated heterocycles. The smallest absolute Gasteiger partial charge is 0.209 e. The van der Waals surface area contributed by atoms with Gasteiger partial charge in [0.2, 0.25) is 6.41 Å². The van der Waals surface area contributed by atoms with Crippen molar-refractivity contribution in [2.75, 3.05) is 7.05 Å². The summed E-state index contributed by atoms with van der Waals surface area (Å²) in [5.74, 6) is 0. The molecule has 1 aliphatic carbocycles. The second kappa shape index (κ2) is 4.79. The summed E-state index contributed by atoms with van der Waals surface area (Å²) in [5, 5.41) is 2.48. The molecular weight excluding hydrogens is 198 g/mol. The molecule has 0 bridgehead atoms. The first-order valence-corrected chi connectivity index (χ1v) is 5.42. The van der Waals surface area contributed by atoms with E-state index in [9.17, 15) is 4.79 Å². The zero-order valence-electron chi connectivity index (χ0n) is 9.39. The largest absolute Gasteiger partial charge is 0.344 e. The molecule has 0 heterocycles. The van der Waals surface area contributed by atoms with Crippen molar-refractivity contribution in [2.45, 2.75) is 13.0 Å².